The fourth-order valence-corrected chi connectivity index (χ4v) is 1.38. The minimum atomic E-state index is 0.392. The first-order valence-electron chi connectivity index (χ1n) is 4.92. The fourth-order valence-electron chi connectivity index (χ4n) is 1.25. The summed E-state index contributed by atoms with van der Waals surface area (Å²) in [7, 11) is 1.69. The first kappa shape index (κ1) is 12.2. The van der Waals surface area contributed by atoms with Gasteiger partial charge in [0, 0.05) is 26.4 Å². The summed E-state index contributed by atoms with van der Waals surface area (Å²) in [5.41, 5.74) is 0.796. The predicted molar refractivity (Wildman–Crippen MR) is 61.4 cm³/mol. The Bertz CT molecular complexity index is 296. The summed E-state index contributed by atoms with van der Waals surface area (Å²) >= 11 is 5.71. The van der Waals surface area contributed by atoms with Crippen LogP contribution in [0.5, 0.6) is 0 Å². The lowest BCUT2D eigenvalue weighted by atomic mass is 10.4. The van der Waals surface area contributed by atoms with Crippen molar-refractivity contribution < 1.29 is 4.74 Å². The Morgan fingerprint density at radius 3 is 2.87 bits per heavy atom. The van der Waals surface area contributed by atoms with E-state index in [9.17, 15) is 0 Å². The van der Waals surface area contributed by atoms with Crippen LogP contribution in [0.15, 0.2) is 12.4 Å². The van der Waals surface area contributed by atoms with Crippen LogP contribution in [0.25, 0.3) is 0 Å². The molecule has 0 saturated heterocycles. The lowest BCUT2D eigenvalue weighted by Gasteiger charge is -2.21. The molecular formula is C10H16ClN3O. The average molecular weight is 230 g/mol. The van der Waals surface area contributed by atoms with Crippen molar-refractivity contribution in [1.29, 1.82) is 0 Å². The van der Waals surface area contributed by atoms with Crippen molar-refractivity contribution >= 4 is 17.4 Å². The molecule has 84 valence electrons. The van der Waals surface area contributed by atoms with Crippen molar-refractivity contribution in [2.75, 3.05) is 31.7 Å². The predicted octanol–water partition coefficient (Wildman–Crippen LogP) is 1.69. The molecule has 0 N–H and O–H groups in total. The highest BCUT2D eigenvalue weighted by molar-refractivity contribution is 6.16. The molecule has 15 heavy (non-hydrogen) atoms. The second-order valence-electron chi connectivity index (χ2n) is 3.07. The van der Waals surface area contributed by atoms with Gasteiger partial charge in [-0.25, -0.2) is 4.98 Å². The third-order valence-electron chi connectivity index (χ3n) is 2.08. The molecule has 0 aliphatic carbocycles. The van der Waals surface area contributed by atoms with Gasteiger partial charge < -0.3 is 9.64 Å². The number of hydrogen-bond donors (Lipinski definition) is 0. The standard InChI is InChI=1S/C10H16ClN3O/c1-3-14(4-5-15-2)10-8-12-7-9(6-11)13-10/h7-8H,3-6H2,1-2H3. The highest BCUT2D eigenvalue weighted by atomic mass is 35.5. The number of halogens is 1. The summed E-state index contributed by atoms with van der Waals surface area (Å²) < 4.78 is 5.04. The van der Waals surface area contributed by atoms with E-state index in [2.05, 4.69) is 21.8 Å². The van der Waals surface area contributed by atoms with Gasteiger partial charge in [-0.2, -0.15) is 0 Å². The number of aromatic nitrogens is 2. The van der Waals surface area contributed by atoms with Crippen LogP contribution in [0.3, 0.4) is 0 Å². The molecule has 0 unspecified atom stereocenters. The normalized spacial score (nSPS) is 10.3. The van der Waals surface area contributed by atoms with Crippen molar-refractivity contribution in [1.82, 2.24) is 9.97 Å². The Balaban J connectivity index is 2.72. The van der Waals surface area contributed by atoms with E-state index in [0.717, 1.165) is 24.6 Å². The van der Waals surface area contributed by atoms with E-state index in [-0.39, 0.29) is 0 Å². The van der Waals surface area contributed by atoms with Crippen molar-refractivity contribution in [2.24, 2.45) is 0 Å². The maximum absolute atomic E-state index is 5.71. The number of anilines is 1. The summed E-state index contributed by atoms with van der Waals surface area (Å²) in [5, 5.41) is 0. The molecule has 1 rings (SSSR count). The largest absolute Gasteiger partial charge is 0.383 e. The second kappa shape index (κ2) is 6.58. The van der Waals surface area contributed by atoms with Gasteiger partial charge in [-0.1, -0.05) is 0 Å². The van der Waals surface area contributed by atoms with Gasteiger partial charge >= 0.3 is 0 Å². The molecule has 0 radical (unpaired) electrons. The van der Waals surface area contributed by atoms with Gasteiger partial charge in [0.2, 0.25) is 0 Å². The molecule has 4 nitrogen and oxygen atoms in total. The molecule has 0 spiro atoms. The first-order chi connectivity index (χ1) is 7.31. The monoisotopic (exact) mass is 229 g/mol. The molecule has 0 amide bonds. The second-order valence-corrected chi connectivity index (χ2v) is 3.34. The molecule has 0 fully saturated rings. The van der Waals surface area contributed by atoms with Crippen molar-refractivity contribution in [3.8, 4) is 0 Å². The zero-order valence-electron chi connectivity index (χ0n) is 9.11. The fraction of sp³-hybridized carbons (Fsp3) is 0.600. The van der Waals surface area contributed by atoms with Crippen LogP contribution in [0, 0.1) is 0 Å². The van der Waals surface area contributed by atoms with Crippen LogP contribution in [-0.4, -0.2) is 36.8 Å². The molecule has 0 bridgehead atoms. The lowest BCUT2D eigenvalue weighted by Crippen LogP contribution is -2.28. The number of nitrogens with zero attached hydrogens (tertiary/aromatic N) is 3. The summed E-state index contributed by atoms with van der Waals surface area (Å²) in [5.74, 6) is 1.25. The molecular weight excluding hydrogens is 214 g/mol. The van der Waals surface area contributed by atoms with Crippen molar-refractivity contribution in [3.63, 3.8) is 0 Å². The molecule has 0 aromatic carbocycles. The summed E-state index contributed by atoms with van der Waals surface area (Å²) in [4.78, 5) is 10.6. The van der Waals surface area contributed by atoms with Gasteiger partial charge in [-0.3, -0.25) is 4.98 Å². The molecule has 1 aromatic rings. The molecule has 1 heterocycles. The SMILES string of the molecule is CCN(CCOC)c1cncc(CCl)n1. The van der Waals surface area contributed by atoms with Crippen molar-refractivity contribution in [3.05, 3.63) is 18.1 Å². The van der Waals surface area contributed by atoms with E-state index >= 15 is 0 Å². The summed E-state index contributed by atoms with van der Waals surface area (Å²) in [6.45, 7) is 4.45. The molecule has 1 aromatic heterocycles. The van der Waals surface area contributed by atoms with E-state index < -0.39 is 0 Å². The number of methoxy groups -OCH3 is 1. The number of rotatable bonds is 6. The lowest BCUT2D eigenvalue weighted by molar-refractivity contribution is 0.205. The Hall–Kier alpha value is -0.870. The molecule has 0 saturated carbocycles. The summed E-state index contributed by atoms with van der Waals surface area (Å²) in [6.07, 6.45) is 3.43. The number of likely N-dealkylation sites (N-methyl/N-ethyl adjacent to an activating group) is 1. The van der Waals surface area contributed by atoms with Crippen LogP contribution in [0.4, 0.5) is 5.82 Å². The smallest absolute Gasteiger partial charge is 0.147 e. The maximum Gasteiger partial charge on any atom is 0.147 e. The van der Waals surface area contributed by atoms with Crippen LogP contribution in [-0.2, 0) is 10.6 Å². The quantitative estimate of drug-likeness (QED) is 0.696. The maximum atomic E-state index is 5.71. The topological polar surface area (TPSA) is 38.2 Å². The van der Waals surface area contributed by atoms with Gasteiger partial charge in [0.1, 0.15) is 5.82 Å². The zero-order valence-corrected chi connectivity index (χ0v) is 9.87. The van der Waals surface area contributed by atoms with Crippen LogP contribution < -0.4 is 4.90 Å². The van der Waals surface area contributed by atoms with E-state index in [0.29, 0.717) is 12.5 Å². The van der Waals surface area contributed by atoms with Gasteiger partial charge in [0.05, 0.1) is 24.4 Å². The molecule has 0 atom stereocenters. The van der Waals surface area contributed by atoms with Crippen LogP contribution >= 0.6 is 11.6 Å². The highest BCUT2D eigenvalue weighted by Crippen LogP contribution is 2.10. The Morgan fingerprint density at radius 1 is 1.47 bits per heavy atom. The van der Waals surface area contributed by atoms with Crippen LogP contribution in [0.2, 0.25) is 0 Å². The van der Waals surface area contributed by atoms with Gasteiger partial charge in [0.25, 0.3) is 0 Å². The van der Waals surface area contributed by atoms with E-state index in [1.54, 1.807) is 19.5 Å². The van der Waals surface area contributed by atoms with Gasteiger partial charge in [-0.15, -0.1) is 11.6 Å². The third kappa shape index (κ3) is 3.64. The average Bonchev–Trinajstić information content (AvgIpc) is 2.30. The summed E-state index contributed by atoms with van der Waals surface area (Å²) in [6, 6.07) is 0. The van der Waals surface area contributed by atoms with Gasteiger partial charge in [-0.05, 0) is 6.92 Å². The highest BCUT2D eigenvalue weighted by Gasteiger charge is 2.06. The number of hydrogen-bond acceptors (Lipinski definition) is 4. The first-order valence-corrected chi connectivity index (χ1v) is 5.46. The van der Waals surface area contributed by atoms with Gasteiger partial charge in [0.15, 0.2) is 0 Å². The minimum absolute atomic E-state index is 0.392. The zero-order chi connectivity index (χ0) is 11.1. The Morgan fingerprint density at radius 2 is 2.27 bits per heavy atom. The molecule has 5 heteroatoms. The molecule has 0 aliphatic rings. The van der Waals surface area contributed by atoms with E-state index in [1.807, 2.05) is 0 Å². The third-order valence-corrected chi connectivity index (χ3v) is 2.35. The minimum Gasteiger partial charge on any atom is -0.383 e. The van der Waals surface area contributed by atoms with Crippen molar-refractivity contribution in [2.45, 2.75) is 12.8 Å². The Kier molecular flexibility index (Phi) is 5.36. The number of ether oxygens (including phenoxy) is 1. The molecule has 0 aliphatic heterocycles. The van der Waals surface area contributed by atoms with E-state index in [1.165, 1.54) is 0 Å². The van der Waals surface area contributed by atoms with E-state index in [4.69, 9.17) is 16.3 Å². The number of alkyl halides is 1. The Labute approximate surface area is 95.2 Å². The van der Waals surface area contributed by atoms with Crippen LogP contribution in [0.1, 0.15) is 12.6 Å².